The van der Waals surface area contributed by atoms with Gasteiger partial charge in [0.15, 0.2) is 0 Å². The van der Waals surface area contributed by atoms with Crippen LogP contribution in [0.4, 0.5) is 0 Å². The lowest BCUT2D eigenvalue weighted by Crippen LogP contribution is -2.22. The van der Waals surface area contributed by atoms with E-state index in [-0.39, 0.29) is 0 Å². The Kier molecular flexibility index (Phi) is 3.09. The highest BCUT2D eigenvalue weighted by molar-refractivity contribution is 8.00. The zero-order chi connectivity index (χ0) is 7.56. The first-order chi connectivity index (χ1) is 4.74. The van der Waals surface area contributed by atoms with Gasteiger partial charge in [-0.2, -0.15) is 11.8 Å². The van der Waals surface area contributed by atoms with Crippen LogP contribution in [0, 0.1) is 5.92 Å². The fourth-order valence-electron chi connectivity index (χ4n) is 1.77. The third-order valence-corrected chi connectivity index (χ3v) is 4.09. The van der Waals surface area contributed by atoms with E-state index in [1.807, 2.05) is 0 Å². The molecule has 0 aliphatic carbocycles. The number of hydrogen-bond donors (Lipinski definition) is 0. The first-order valence-electron chi connectivity index (χ1n) is 4.39. The fraction of sp³-hybridized carbons (Fsp3) is 1.00. The Morgan fingerprint density at radius 3 is 2.50 bits per heavy atom. The molecule has 1 heterocycles. The van der Waals surface area contributed by atoms with Crippen LogP contribution in [0.25, 0.3) is 0 Å². The van der Waals surface area contributed by atoms with Crippen LogP contribution in [0.2, 0.25) is 0 Å². The van der Waals surface area contributed by atoms with Crippen molar-refractivity contribution in [1.82, 2.24) is 0 Å². The molecule has 1 aliphatic heterocycles. The van der Waals surface area contributed by atoms with Crippen molar-refractivity contribution in [3.8, 4) is 0 Å². The van der Waals surface area contributed by atoms with Crippen molar-refractivity contribution in [3.63, 3.8) is 0 Å². The summed E-state index contributed by atoms with van der Waals surface area (Å²) in [6.45, 7) is 7.05. The normalized spacial score (nSPS) is 41.7. The van der Waals surface area contributed by atoms with Gasteiger partial charge in [-0.05, 0) is 18.8 Å². The average molecular weight is 158 g/mol. The maximum absolute atomic E-state index is 2.38. The van der Waals surface area contributed by atoms with Gasteiger partial charge in [0.05, 0.1) is 0 Å². The highest BCUT2D eigenvalue weighted by Crippen LogP contribution is 2.36. The van der Waals surface area contributed by atoms with Crippen molar-refractivity contribution in [3.05, 3.63) is 0 Å². The van der Waals surface area contributed by atoms with E-state index in [2.05, 4.69) is 32.5 Å². The lowest BCUT2D eigenvalue weighted by molar-refractivity contribution is 0.433. The molecule has 0 amide bonds. The minimum atomic E-state index is 0.911. The van der Waals surface area contributed by atoms with E-state index >= 15 is 0 Å². The molecule has 1 aliphatic rings. The molecule has 1 fully saturated rings. The molecule has 1 heteroatoms. The predicted molar refractivity (Wildman–Crippen MR) is 49.5 cm³/mol. The SMILES string of the molecule is CCC1CCC(C)SC1C. The zero-order valence-corrected chi connectivity index (χ0v) is 8.08. The summed E-state index contributed by atoms with van der Waals surface area (Å²) in [5.41, 5.74) is 0. The Morgan fingerprint density at radius 1 is 1.30 bits per heavy atom. The minimum Gasteiger partial charge on any atom is -0.155 e. The Labute approximate surface area is 68.8 Å². The van der Waals surface area contributed by atoms with Gasteiger partial charge in [-0.25, -0.2) is 0 Å². The maximum atomic E-state index is 2.38. The van der Waals surface area contributed by atoms with Gasteiger partial charge >= 0.3 is 0 Å². The summed E-state index contributed by atoms with van der Waals surface area (Å²) in [4.78, 5) is 0. The number of hydrogen-bond acceptors (Lipinski definition) is 1. The van der Waals surface area contributed by atoms with E-state index in [1.165, 1.54) is 19.3 Å². The van der Waals surface area contributed by atoms with E-state index < -0.39 is 0 Å². The van der Waals surface area contributed by atoms with Crippen molar-refractivity contribution in [2.75, 3.05) is 0 Å². The van der Waals surface area contributed by atoms with Gasteiger partial charge in [-0.3, -0.25) is 0 Å². The Hall–Kier alpha value is 0.350. The van der Waals surface area contributed by atoms with E-state index in [0.29, 0.717) is 0 Å². The summed E-state index contributed by atoms with van der Waals surface area (Å²) < 4.78 is 0. The topological polar surface area (TPSA) is 0 Å². The molecule has 0 aromatic carbocycles. The van der Waals surface area contributed by atoms with E-state index in [9.17, 15) is 0 Å². The van der Waals surface area contributed by atoms with Gasteiger partial charge in [0.2, 0.25) is 0 Å². The Balaban J connectivity index is 2.36. The van der Waals surface area contributed by atoms with E-state index in [1.54, 1.807) is 0 Å². The van der Waals surface area contributed by atoms with Crippen molar-refractivity contribution in [1.29, 1.82) is 0 Å². The summed E-state index contributed by atoms with van der Waals surface area (Å²) in [5, 5.41) is 1.83. The molecule has 0 radical (unpaired) electrons. The summed E-state index contributed by atoms with van der Waals surface area (Å²) in [6.07, 6.45) is 4.28. The molecule has 60 valence electrons. The van der Waals surface area contributed by atoms with Crippen molar-refractivity contribution in [2.24, 2.45) is 5.92 Å². The third-order valence-electron chi connectivity index (χ3n) is 2.58. The molecule has 1 saturated heterocycles. The molecule has 0 nitrogen and oxygen atoms in total. The van der Waals surface area contributed by atoms with Crippen molar-refractivity contribution in [2.45, 2.75) is 50.5 Å². The second-order valence-corrected chi connectivity index (χ2v) is 5.22. The van der Waals surface area contributed by atoms with E-state index in [0.717, 1.165) is 16.4 Å². The van der Waals surface area contributed by atoms with Gasteiger partial charge in [-0.1, -0.05) is 27.2 Å². The maximum Gasteiger partial charge on any atom is 0.00495 e. The van der Waals surface area contributed by atoms with Crippen LogP contribution >= 0.6 is 11.8 Å². The summed E-state index contributed by atoms with van der Waals surface area (Å²) >= 11 is 2.17. The minimum absolute atomic E-state index is 0.911. The smallest absolute Gasteiger partial charge is 0.00495 e. The van der Waals surface area contributed by atoms with Crippen LogP contribution in [-0.4, -0.2) is 10.5 Å². The van der Waals surface area contributed by atoms with Crippen LogP contribution in [0.5, 0.6) is 0 Å². The molecule has 3 atom stereocenters. The lowest BCUT2D eigenvalue weighted by Gasteiger charge is -2.31. The third kappa shape index (κ3) is 1.91. The van der Waals surface area contributed by atoms with Crippen LogP contribution < -0.4 is 0 Å². The first-order valence-corrected chi connectivity index (χ1v) is 5.33. The molecule has 1 rings (SSSR count). The molecule has 0 aromatic rings. The van der Waals surface area contributed by atoms with Gasteiger partial charge in [0, 0.05) is 10.5 Å². The molecule has 0 aromatic heterocycles. The van der Waals surface area contributed by atoms with Crippen molar-refractivity contribution < 1.29 is 0 Å². The highest BCUT2D eigenvalue weighted by atomic mass is 32.2. The molecule has 10 heavy (non-hydrogen) atoms. The first kappa shape index (κ1) is 8.45. The molecule has 3 unspecified atom stereocenters. The van der Waals surface area contributed by atoms with E-state index in [4.69, 9.17) is 0 Å². The van der Waals surface area contributed by atoms with Crippen LogP contribution in [0.3, 0.4) is 0 Å². The fourth-order valence-corrected chi connectivity index (χ4v) is 3.32. The molecule has 0 N–H and O–H groups in total. The van der Waals surface area contributed by atoms with Crippen LogP contribution in [0.1, 0.15) is 40.0 Å². The molecular weight excluding hydrogens is 140 g/mol. The average Bonchev–Trinajstić information content (AvgIpc) is 1.88. The predicted octanol–water partition coefficient (Wildman–Crippen LogP) is 3.32. The van der Waals surface area contributed by atoms with Gasteiger partial charge in [-0.15, -0.1) is 0 Å². The second kappa shape index (κ2) is 3.66. The second-order valence-electron chi connectivity index (χ2n) is 3.40. The van der Waals surface area contributed by atoms with Gasteiger partial charge in [0.25, 0.3) is 0 Å². The summed E-state index contributed by atoms with van der Waals surface area (Å²) in [7, 11) is 0. The van der Waals surface area contributed by atoms with Gasteiger partial charge in [0.1, 0.15) is 0 Å². The highest BCUT2D eigenvalue weighted by Gasteiger charge is 2.23. The standard InChI is InChI=1S/C9H18S/c1-4-9-6-5-7(2)10-8(9)3/h7-9H,4-6H2,1-3H3. The van der Waals surface area contributed by atoms with Crippen molar-refractivity contribution >= 4 is 11.8 Å². The Bertz CT molecular complexity index is 101. The molecule has 0 bridgehead atoms. The zero-order valence-electron chi connectivity index (χ0n) is 7.26. The van der Waals surface area contributed by atoms with Gasteiger partial charge < -0.3 is 0 Å². The monoisotopic (exact) mass is 158 g/mol. The van der Waals surface area contributed by atoms with Crippen LogP contribution in [-0.2, 0) is 0 Å². The largest absolute Gasteiger partial charge is 0.155 e. The van der Waals surface area contributed by atoms with Crippen LogP contribution in [0.15, 0.2) is 0 Å². The molecule has 0 spiro atoms. The molecular formula is C9H18S. The lowest BCUT2D eigenvalue weighted by atomic mass is 9.95. The number of thioether (sulfide) groups is 1. The molecule has 0 saturated carbocycles. The Morgan fingerprint density at radius 2 is 2.00 bits per heavy atom. The number of rotatable bonds is 1. The summed E-state index contributed by atoms with van der Waals surface area (Å²) in [5.74, 6) is 1.00. The summed E-state index contributed by atoms with van der Waals surface area (Å²) in [6, 6.07) is 0. The quantitative estimate of drug-likeness (QED) is 0.564.